The number of nitrogens with one attached hydrogen (secondary N) is 2. The van der Waals surface area contributed by atoms with Gasteiger partial charge in [-0.05, 0) is 43.0 Å². The van der Waals surface area contributed by atoms with Crippen LogP contribution in [0.3, 0.4) is 0 Å². The number of hydrogen-bond acceptors (Lipinski definition) is 4. The van der Waals surface area contributed by atoms with Crippen LogP contribution in [-0.4, -0.2) is 46.5 Å². The van der Waals surface area contributed by atoms with Crippen molar-refractivity contribution in [2.75, 3.05) is 19.8 Å². The van der Waals surface area contributed by atoms with Crippen LogP contribution in [0.25, 0.3) is 10.9 Å². The SMILES string of the molecule is CCN(C(=O)c1cc2ccccc2[nH]1)[C@@]1([SH]=S)COC[C@@H](N[C@@H]2CCc3ccccc32)C1. The zero-order valence-electron chi connectivity index (χ0n) is 18.2. The van der Waals surface area contributed by atoms with Gasteiger partial charge in [0, 0.05) is 36.0 Å². The van der Waals surface area contributed by atoms with E-state index in [2.05, 4.69) is 34.6 Å². The first-order chi connectivity index (χ1) is 15.6. The summed E-state index contributed by atoms with van der Waals surface area (Å²) in [4.78, 5) is 18.3. The van der Waals surface area contributed by atoms with Gasteiger partial charge in [0.25, 0.3) is 5.91 Å². The summed E-state index contributed by atoms with van der Waals surface area (Å²) in [6.45, 7) is 3.72. The van der Waals surface area contributed by atoms with E-state index < -0.39 is 4.87 Å². The largest absolute Gasteiger partial charge is 0.376 e. The number of benzene rings is 2. The molecule has 0 bridgehead atoms. The second-order valence-electron chi connectivity index (χ2n) is 8.77. The van der Waals surface area contributed by atoms with E-state index in [9.17, 15) is 4.79 Å². The Labute approximate surface area is 197 Å². The molecular weight excluding hydrogens is 438 g/mol. The van der Waals surface area contributed by atoms with Crippen LogP contribution >= 0.6 is 0 Å². The molecule has 2 aromatic carbocycles. The van der Waals surface area contributed by atoms with Crippen molar-refractivity contribution in [3.05, 3.63) is 71.4 Å². The van der Waals surface area contributed by atoms with Crippen LogP contribution in [0, 0.1) is 0 Å². The normalized spacial score (nSPS) is 25.0. The third-order valence-corrected chi connectivity index (χ3v) is 8.70. The fourth-order valence-corrected chi connectivity index (χ4v) is 6.71. The second-order valence-corrected chi connectivity index (χ2v) is 10.3. The molecule has 1 aliphatic carbocycles. The second kappa shape index (κ2) is 9.06. The molecular formula is C25H29N3O2S2. The van der Waals surface area contributed by atoms with E-state index in [-0.39, 0.29) is 11.9 Å². The Bertz CT molecular complexity index is 1110. The maximum absolute atomic E-state index is 13.6. The number of aromatic nitrogens is 1. The first-order valence-electron chi connectivity index (χ1n) is 11.3. The van der Waals surface area contributed by atoms with E-state index >= 15 is 0 Å². The summed E-state index contributed by atoms with van der Waals surface area (Å²) in [6.07, 6.45) is 2.99. The van der Waals surface area contributed by atoms with Crippen molar-refractivity contribution in [2.45, 2.75) is 43.1 Å². The molecule has 3 aromatic rings. The van der Waals surface area contributed by atoms with E-state index in [1.807, 2.05) is 42.2 Å². The lowest BCUT2D eigenvalue weighted by Crippen LogP contribution is -2.61. The molecule has 0 unspecified atom stereocenters. The molecule has 0 spiro atoms. The number of rotatable bonds is 6. The molecule has 5 nitrogen and oxygen atoms in total. The van der Waals surface area contributed by atoms with Crippen LogP contribution in [0.2, 0.25) is 0 Å². The number of aryl methyl sites for hydroxylation is 1. The van der Waals surface area contributed by atoms with Gasteiger partial charge in [-0.15, -0.1) is 10.3 Å². The predicted molar refractivity (Wildman–Crippen MR) is 134 cm³/mol. The topological polar surface area (TPSA) is 57.4 Å². The van der Waals surface area contributed by atoms with E-state index in [0.29, 0.717) is 31.5 Å². The van der Waals surface area contributed by atoms with E-state index in [4.69, 9.17) is 15.9 Å². The number of H-pyrrole nitrogens is 1. The number of ether oxygens (including phenoxy) is 1. The molecule has 2 N–H and O–H groups in total. The van der Waals surface area contributed by atoms with Crippen LogP contribution in [0.5, 0.6) is 0 Å². The van der Waals surface area contributed by atoms with Gasteiger partial charge in [-0.1, -0.05) is 53.7 Å². The standard InChI is InChI=1S/C25H29N3O2S2/c1-2-28(24(29)23-13-18-8-4-6-10-21(18)27-23)25(32-31)14-19(15-30-16-25)26-22-12-11-17-7-3-5-9-20(17)22/h3-10,13,19,22,26-27,32H,2,11-12,14-16H2,1H3/t19-,22+,25-/m0/s1. The monoisotopic (exact) mass is 467 g/mol. The van der Waals surface area contributed by atoms with Crippen molar-refractivity contribution in [1.82, 2.24) is 15.2 Å². The van der Waals surface area contributed by atoms with Gasteiger partial charge in [0.15, 0.2) is 0 Å². The van der Waals surface area contributed by atoms with Crippen molar-refractivity contribution in [3.63, 3.8) is 0 Å². The lowest BCUT2D eigenvalue weighted by Gasteiger charge is -2.46. The maximum Gasteiger partial charge on any atom is 0.271 e. The highest BCUT2D eigenvalue weighted by molar-refractivity contribution is 8.18. The molecule has 0 saturated carbocycles. The summed E-state index contributed by atoms with van der Waals surface area (Å²) in [5, 5.41) is 4.86. The molecule has 2 heterocycles. The number of fused-ring (bicyclic) bond motifs is 2. The van der Waals surface area contributed by atoms with Crippen molar-refractivity contribution in [2.24, 2.45) is 0 Å². The van der Waals surface area contributed by atoms with Gasteiger partial charge < -0.3 is 19.9 Å². The van der Waals surface area contributed by atoms with E-state index in [1.165, 1.54) is 11.1 Å². The van der Waals surface area contributed by atoms with Crippen LogP contribution in [0.15, 0.2) is 54.6 Å². The van der Waals surface area contributed by atoms with Gasteiger partial charge >= 0.3 is 0 Å². The molecule has 1 saturated heterocycles. The number of aromatic amines is 1. The van der Waals surface area contributed by atoms with Crippen LogP contribution in [0.4, 0.5) is 0 Å². The van der Waals surface area contributed by atoms with Gasteiger partial charge in [-0.3, -0.25) is 4.79 Å². The maximum atomic E-state index is 13.6. The number of amides is 1. The van der Waals surface area contributed by atoms with Gasteiger partial charge in [-0.25, -0.2) is 0 Å². The molecule has 1 fully saturated rings. The Balaban J connectivity index is 1.37. The lowest BCUT2D eigenvalue weighted by atomic mass is 10.00. The van der Waals surface area contributed by atoms with E-state index in [1.54, 1.807) is 0 Å². The summed E-state index contributed by atoms with van der Waals surface area (Å²) in [5.41, 5.74) is 4.39. The Morgan fingerprint density at radius 3 is 2.91 bits per heavy atom. The third kappa shape index (κ3) is 3.92. The van der Waals surface area contributed by atoms with Gasteiger partial charge in [0.2, 0.25) is 0 Å². The van der Waals surface area contributed by atoms with Crippen LogP contribution in [0.1, 0.15) is 47.4 Å². The number of hydrogen-bond donors (Lipinski definition) is 3. The van der Waals surface area contributed by atoms with Crippen molar-refractivity contribution >= 4 is 38.3 Å². The number of para-hydroxylation sites is 1. The van der Waals surface area contributed by atoms with E-state index in [0.717, 1.165) is 40.5 Å². The third-order valence-electron chi connectivity index (χ3n) is 6.79. The molecule has 7 heteroatoms. The molecule has 32 heavy (non-hydrogen) atoms. The Morgan fingerprint density at radius 1 is 1.28 bits per heavy atom. The smallest absolute Gasteiger partial charge is 0.271 e. The molecule has 1 aliphatic heterocycles. The average Bonchev–Trinajstić information content (AvgIpc) is 3.44. The number of thiol groups is 1. The van der Waals surface area contributed by atoms with Crippen molar-refractivity contribution in [1.29, 1.82) is 0 Å². The summed E-state index contributed by atoms with van der Waals surface area (Å²) < 4.78 is 6.07. The molecule has 2 aliphatic rings. The van der Waals surface area contributed by atoms with Crippen LogP contribution in [-0.2, 0) is 32.7 Å². The molecule has 0 radical (unpaired) electrons. The first kappa shape index (κ1) is 21.8. The molecule has 1 aromatic heterocycles. The molecule has 3 atom stereocenters. The summed E-state index contributed by atoms with van der Waals surface area (Å²) in [6, 6.07) is 19.0. The minimum Gasteiger partial charge on any atom is -0.376 e. The average molecular weight is 468 g/mol. The van der Waals surface area contributed by atoms with Crippen molar-refractivity contribution in [3.8, 4) is 0 Å². The van der Waals surface area contributed by atoms with Gasteiger partial charge in [0.1, 0.15) is 10.6 Å². The van der Waals surface area contributed by atoms with Crippen molar-refractivity contribution < 1.29 is 9.53 Å². The molecule has 168 valence electrons. The molecule has 1 amide bonds. The first-order valence-corrected chi connectivity index (χ1v) is 13.2. The Kier molecular flexibility index (Phi) is 6.16. The fourth-order valence-electron chi connectivity index (χ4n) is 5.26. The minimum atomic E-state index is -0.521. The predicted octanol–water partition coefficient (Wildman–Crippen LogP) is 3.67. The Hall–Kier alpha value is -2.06. The number of likely N-dealkylation sites (N-methyl/N-ethyl adjacent to an activating group) is 1. The highest BCUT2D eigenvalue weighted by atomic mass is 32.8. The summed E-state index contributed by atoms with van der Waals surface area (Å²) in [7, 11) is 0.738. The minimum absolute atomic E-state index is 0.0171. The Morgan fingerprint density at radius 2 is 2.09 bits per heavy atom. The zero-order chi connectivity index (χ0) is 22.1. The van der Waals surface area contributed by atoms with Gasteiger partial charge in [0.05, 0.1) is 13.2 Å². The zero-order valence-corrected chi connectivity index (χ0v) is 19.9. The quantitative estimate of drug-likeness (QED) is 0.484. The number of carbonyl (C=O) groups is 1. The highest BCUT2D eigenvalue weighted by Gasteiger charge is 2.43. The van der Waals surface area contributed by atoms with Crippen LogP contribution < -0.4 is 5.32 Å². The molecule has 5 rings (SSSR count). The summed E-state index contributed by atoms with van der Waals surface area (Å²) >= 11 is 5.62. The summed E-state index contributed by atoms with van der Waals surface area (Å²) in [5.74, 6) is -0.0171. The highest BCUT2D eigenvalue weighted by Crippen LogP contribution is 2.34. The fraction of sp³-hybridized carbons (Fsp3) is 0.400. The van der Waals surface area contributed by atoms with Gasteiger partial charge in [-0.2, -0.15) is 0 Å². The number of carbonyl (C=O) groups excluding carboxylic acids is 1. The lowest BCUT2D eigenvalue weighted by molar-refractivity contribution is -0.0127. The number of nitrogens with zero attached hydrogens (tertiary/aromatic N) is 1.